The van der Waals surface area contributed by atoms with Gasteiger partial charge in [-0.05, 0) is 42.0 Å². The zero-order valence-corrected chi connectivity index (χ0v) is 12.2. The molecule has 0 heterocycles. The molecule has 114 valence electrons. The zero-order chi connectivity index (χ0) is 16.6. The normalized spacial score (nSPS) is 14.9. The second-order valence-electron chi connectivity index (χ2n) is 5.06. The fourth-order valence-corrected chi connectivity index (χ4v) is 2.49. The summed E-state index contributed by atoms with van der Waals surface area (Å²) in [5, 5.41) is 9.00. The molecule has 2 aromatic rings. The Balaban J connectivity index is 2.05. The standard InChI is InChI=1S/C18H12O5/c1-23-12-4-2-3-10(7-12)8-15-16(19)13-6-5-11(18(21)22)9-14(13)17(15)20/h2-9H,1H3,(H,21,22). The van der Waals surface area contributed by atoms with E-state index < -0.39 is 17.5 Å². The van der Waals surface area contributed by atoms with Crippen LogP contribution >= 0.6 is 0 Å². The highest BCUT2D eigenvalue weighted by molar-refractivity contribution is 6.41. The molecule has 0 fully saturated rings. The van der Waals surface area contributed by atoms with Gasteiger partial charge in [-0.15, -0.1) is 0 Å². The molecule has 2 aromatic carbocycles. The molecule has 0 atom stereocenters. The van der Waals surface area contributed by atoms with E-state index in [0.29, 0.717) is 11.3 Å². The maximum Gasteiger partial charge on any atom is 0.335 e. The lowest BCUT2D eigenvalue weighted by Gasteiger charge is -2.01. The third kappa shape index (κ3) is 2.53. The van der Waals surface area contributed by atoms with Gasteiger partial charge in [0.2, 0.25) is 0 Å². The molecule has 0 bridgehead atoms. The smallest absolute Gasteiger partial charge is 0.335 e. The maximum atomic E-state index is 12.4. The average molecular weight is 308 g/mol. The third-order valence-electron chi connectivity index (χ3n) is 3.65. The molecular weight excluding hydrogens is 296 g/mol. The number of allylic oxidation sites excluding steroid dienone is 1. The first-order chi connectivity index (χ1) is 11.0. The highest BCUT2D eigenvalue weighted by Crippen LogP contribution is 2.29. The summed E-state index contributed by atoms with van der Waals surface area (Å²) in [5.74, 6) is -1.39. The lowest BCUT2D eigenvalue weighted by Crippen LogP contribution is -2.01. The summed E-state index contributed by atoms with van der Waals surface area (Å²) in [4.78, 5) is 35.8. The summed E-state index contributed by atoms with van der Waals surface area (Å²) in [6, 6.07) is 10.9. The number of Topliss-reactive ketones (excluding diaryl/α,β-unsaturated/α-hetero) is 2. The second-order valence-corrected chi connectivity index (χ2v) is 5.06. The van der Waals surface area contributed by atoms with Crippen LogP contribution in [-0.2, 0) is 0 Å². The van der Waals surface area contributed by atoms with E-state index in [1.165, 1.54) is 31.4 Å². The van der Waals surface area contributed by atoms with Gasteiger partial charge in [-0.1, -0.05) is 12.1 Å². The van der Waals surface area contributed by atoms with Crippen molar-refractivity contribution in [3.8, 4) is 5.75 Å². The number of methoxy groups -OCH3 is 1. The third-order valence-corrected chi connectivity index (χ3v) is 3.65. The maximum absolute atomic E-state index is 12.4. The number of benzene rings is 2. The van der Waals surface area contributed by atoms with Crippen LogP contribution in [0.15, 0.2) is 48.0 Å². The van der Waals surface area contributed by atoms with Gasteiger partial charge in [-0.2, -0.15) is 0 Å². The predicted octanol–water partition coefficient (Wildman–Crippen LogP) is 2.86. The van der Waals surface area contributed by atoms with E-state index in [0.717, 1.165) is 0 Å². The van der Waals surface area contributed by atoms with Crippen molar-refractivity contribution in [1.29, 1.82) is 0 Å². The number of carbonyl (C=O) groups is 3. The van der Waals surface area contributed by atoms with Crippen LogP contribution in [0.2, 0.25) is 0 Å². The number of ether oxygens (including phenoxy) is 1. The number of carboxylic acids is 1. The van der Waals surface area contributed by atoms with Crippen molar-refractivity contribution < 1.29 is 24.2 Å². The zero-order valence-electron chi connectivity index (χ0n) is 12.2. The Kier molecular flexibility index (Phi) is 3.54. The van der Waals surface area contributed by atoms with Gasteiger partial charge in [-0.3, -0.25) is 9.59 Å². The molecule has 1 N–H and O–H groups in total. The lowest BCUT2D eigenvalue weighted by molar-refractivity contribution is 0.0696. The molecule has 0 aliphatic heterocycles. The number of ketones is 2. The first-order valence-corrected chi connectivity index (χ1v) is 6.84. The van der Waals surface area contributed by atoms with Crippen molar-refractivity contribution in [3.05, 3.63) is 70.3 Å². The van der Waals surface area contributed by atoms with Gasteiger partial charge in [0.1, 0.15) is 5.75 Å². The molecule has 5 nitrogen and oxygen atoms in total. The molecule has 3 rings (SSSR count). The number of hydrogen-bond acceptors (Lipinski definition) is 4. The molecule has 0 amide bonds. The minimum atomic E-state index is -1.14. The van der Waals surface area contributed by atoms with Gasteiger partial charge in [0.05, 0.1) is 18.2 Å². The van der Waals surface area contributed by atoms with Gasteiger partial charge in [-0.25, -0.2) is 4.79 Å². The van der Waals surface area contributed by atoms with E-state index in [2.05, 4.69) is 0 Å². The van der Waals surface area contributed by atoms with E-state index in [1.807, 2.05) is 0 Å². The summed E-state index contributed by atoms with van der Waals surface area (Å²) in [6.45, 7) is 0. The topological polar surface area (TPSA) is 80.7 Å². The monoisotopic (exact) mass is 308 g/mol. The Morgan fingerprint density at radius 3 is 2.48 bits per heavy atom. The Morgan fingerprint density at radius 2 is 1.78 bits per heavy atom. The minimum absolute atomic E-state index is 0.0208. The Bertz CT molecular complexity index is 877. The molecular formula is C18H12O5. The van der Waals surface area contributed by atoms with Crippen molar-refractivity contribution in [3.63, 3.8) is 0 Å². The molecule has 23 heavy (non-hydrogen) atoms. The Labute approximate surface area is 131 Å². The van der Waals surface area contributed by atoms with Gasteiger partial charge >= 0.3 is 5.97 Å². The molecule has 0 spiro atoms. The minimum Gasteiger partial charge on any atom is -0.497 e. The van der Waals surface area contributed by atoms with Crippen LogP contribution in [0.3, 0.4) is 0 Å². The van der Waals surface area contributed by atoms with Gasteiger partial charge in [0.15, 0.2) is 11.6 Å². The van der Waals surface area contributed by atoms with Gasteiger partial charge in [0, 0.05) is 11.1 Å². The van der Waals surface area contributed by atoms with E-state index in [1.54, 1.807) is 24.3 Å². The van der Waals surface area contributed by atoms with E-state index in [4.69, 9.17) is 9.84 Å². The predicted molar refractivity (Wildman–Crippen MR) is 83.0 cm³/mol. The number of hydrogen-bond donors (Lipinski definition) is 1. The van der Waals surface area contributed by atoms with Crippen molar-refractivity contribution in [2.75, 3.05) is 7.11 Å². The summed E-state index contributed by atoms with van der Waals surface area (Å²) < 4.78 is 5.11. The summed E-state index contributed by atoms with van der Waals surface area (Å²) in [5.41, 5.74) is 1.02. The summed E-state index contributed by atoms with van der Waals surface area (Å²) in [6.07, 6.45) is 1.49. The molecule has 0 unspecified atom stereocenters. The molecule has 5 heteroatoms. The number of rotatable bonds is 3. The fraction of sp³-hybridized carbons (Fsp3) is 0.0556. The quantitative estimate of drug-likeness (QED) is 0.696. The lowest BCUT2D eigenvalue weighted by atomic mass is 10.1. The summed E-state index contributed by atoms with van der Waals surface area (Å²) in [7, 11) is 1.53. The Hall–Kier alpha value is -3.21. The highest BCUT2D eigenvalue weighted by atomic mass is 16.5. The van der Waals surface area contributed by atoms with Crippen LogP contribution in [0.1, 0.15) is 36.6 Å². The molecule has 0 radical (unpaired) electrons. The van der Waals surface area contributed by atoms with Crippen LogP contribution in [0, 0.1) is 0 Å². The van der Waals surface area contributed by atoms with Gasteiger partial charge < -0.3 is 9.84 Å². The van der Waals surface area contributed by atoms with Crippen LogP contribution < -0.4 is 4.74 Å². The molecule has 1 aliphatic carbocycles. The largest absolute Gasteiger partial charge is 0.497 e. The Morgan fingerprint density at radius 1 is 1.04 bits per heavy atom. The molecule has 0 aromatic heterocycles. The van der Waals surface area contributed by atoms with Crippen LogP contribution in [0.5, 0.6) is 5.75 Å². The van der Waals surface area contributed by atoms with Crippen molar-refractivity contribution in [1.82, 2.24) is 0 Å². The van der Waals surface area contributed by atoms with E-state index in [-0.39, 0.29) is 22.3 Å². The highest BCUT2D eigenvalue weighted by Gasteiger charge is 2.33. The number of carboxylic acid groups (broad SMARTS) is 1. The van der Waals surface area contributed by atoms with Crippen LogP contribution in [0.25, 0.3) is 6.08 Å². The van der Waals surface area contributed by atoms with Crippen molar-refractivity contribution >= 4 is 23.6 Å². The van der Waals surface area contributed by atoms with Crippen molar-refractivity contribution in [2.24, 2.45) is 0 Å². The first kappa shape index (κ1) is 14.7. The van der Waals surface area contributed by atoms with E-state index >= 15 is 0 Å². The van der Waals surface area contributed by atoms with Crippen LogP contribution in [0.4, 0.5) is 0 Å². The second kappa shape index (κ2) is 5.53. The average Bonchev–Trinajstić information content (AvgIpc) is 2.79. The van der Waals surface area contributed by atoms with Crippen molar-refractivity contribution in [2.45, 2.75) is 0 Å². The number of fused-ring (bicyclic) bond motifs is 1. The van der Waals surface area contributed by atoms with E-state index in [9.17, 15) is 14.4 Å². The SMILES string of the molecule is COc1cccc(C=C2C(=O)c3ccc(C(=O)O)cc3C2=O)c1. The number of aromatic carboxylic acids is 1. The molecule has 1 aliphatic rings. The van der Waals surface area contributed by atoms with Gasteiger partial charge in [0.25, 0.3) is 0 Å². The fourth-order valence-electron chi connectivity index (χ4n) is 2.49. The first-order valence-electron chi connectivity index (χ1n) is 6.84. The van der Waals surface area contributed by atoms with Crippen LogP contribution in [-0.4, -0.2) is 29.8 Å². The molecule has 0 saturated carbocycles. The summed E-state index contributed by atoms with van der Waals surface area (Å²) >= 11 is 0. The number of carbonyl (C=O) groups excluding carboxylic acids is 2. The molecule has 0 saturated heterocycles.